The molecule has 1 fully saturated rings. The van der Waals surface area contributed by atoms with Crippen molar-refractivity contribution in [1.29, 1.82) is 0 Å². The van der Waals surface area contributed by atoms with Crippen molar-refractivity contribution in [3.05, 3.63) is 64.3 Å². The van der Waals surface area contributed by atoms with Gasteiger partial charge in [-0.25, -0.2) is 9.18 Å². The summed E-state index contributed by atoms with van der Waals surface area (Å²) in [5.41, 5.74) is 1.28. The minimum absolute atomic E-state index is 0.115. The first-order valence-corrected chi connectivity index (χ1v) is 9.56. The molecule has 4 N–H and O–H groups in total. The molecule has 152 valence electrons. The number of benzene rings is 2. The number of H-pyrrole nitrogens is 2. The van der Waals surface area contributed by atoms with E-state index in [1.54, 1.807) is 30.3 Å². The van der Waals surface area contributed by atoms with Gasteiger partial charge in [0.1, 0.15) is 5.82 Å². The molecule has 4 rings (SSSR count). The Morgan fingerprint density at radius 2 is 1.97 bits per heavy atom. The number of carbonyl (C=O) groups is 1. The van der Waals surface area contributed by atoms with Crippen LogP contribution in [0.5, 0.6) is 0 Å². The number of fused-ring (bicyclic) bond motifs is 1. The molecule has 0 spiro atoms. The minimum atomic E-state index is -1.04. The SMILES string of the molecule is C[C@H]1CN(CC(=O)Nc2ccc3[nH]c(=O)[nH]c3c2)CC[C@@]1(O)c1ccc(F)cc1. The van der Waals surface area contributed by atoms with Crippen molar-refractivity contribution >= 4 is 22.6 Å². The maximum atomic E-state index is 13.2. The van der Waals surface area contributed by atoms with Gasteiger partial charge < -0.3 is 20.4 Å². The molecule has 0 bridgehead atoms. The van der Waals surface area contributed by atoms with E-state index < -0.39 is 5.60 Å². The number of likely N-dealkylation sites (tertiary alicyclic amines) is 1. The minimum Gasteiger partial charge on any atom is -0.385 e. The first-order valence-electron chi connectivity index (χ1n) is 9.56. The number of rotatable bonds is 4. The summed E-state index contributed by atoms with van der Waals surface area (Å²) in [6, 6.07) is 11.1. The number of halogens is 1. The van der Waals surface area contributed by atoms with Gasteiger partial charge in [-0.2, -0.15) is 0 Å². The number of aromatic nitrogens is 2. The summed E-state index contributed by atoms with van der Waals surface area (Å²) in [4.78, 5) is 31.1. The first-order chi connectivity index (χ1) is 13.8. The number of carbonyl (C=O) groups excluding carboxylic acids is 1. The second-order valence-corrected chi connectivity index (χ2v) is 7.70. The van der Waals surface area contributed by atoms with Gasteiger partial charge in [0.05, 0.1) is 23.2 Å². The Balaban J connectivity index is 1.38. The van der Waals surface area contributed by atoms with Gasteiger partial charge in [0, 0.05) is 24.7 Å². The normalized spacial score (nSPS) is 22.7. The van der Waals surface area contributed by atoms with E-state index in [4.69, 9.17) is 0 Å². The first kappa shape index (κ1) is 19.4. The molecule has 0 aliphatic carbocycles. The largest absolute Gasteiger partial charge is 0.385 e. The fourth-order valence-electron chi connectivity index (χ4n) is 4.03. The molecule has 1 saturated heterocycles. The highest BCUT2D eigenvalue weighted by molar-refractivity contribution is 5.94. The lowest BCUT2D eigenvalue weighted by Crippen LogP contribution is -2.50. The zero-order valence-corrected chi connectivity index (χ0v) is 16.0. The van der Waals surface area contributed by atoms with Crippen molar-refractivity contribution in [2.45, 2.75) is 18.9 Å². The number of imidazole rings is 1. The van der Waals surface area contributed by atoms with Crippen LogP contribution >= 0.6 is 0 Å². The molecule has 2 aromatic carbocycles. The number of nitrogens with zero attached hydrogens (tertiary/aromatic N) is 1. The third-order valence-electron chi connectivity index (χ3n) is 5.67. The van der Waals surface area contributed by atoms with E-state index in [0.717, 1.165) is 0 Å². The Morgan fingerprint density at radius 3 is 2.69 bits per heavy atom. The van der Waals surface area contributed by atoms with Crippen LogP contribution in [0.3, 0.4) is 0 Å². The second-order valence-electron chi connectivity index (χ2n) is 7.70. The van der Waals surface area contributed by atoms with Crippen molar-refractivity contribution in [1.82, 2.24) is 14.9 Å². The fourth-order valence-corrected chi connectivity index (χ4v) is 4.03. The summed E-state index contributed by atoms with van der Waals surface area (Å²) in [7, 11) is 0. The zero-order valence-electron chi connectivity index (χ0n) is 16.0. The zero-order chi connectivity index (χ0) is 20.6. The summed E-state index contributed by atoms with van der Waals surface area (Å²) in [5, 5.41) is 14.0. The van der Waals surface area contributed by atoms with Crippen LogP contribution in [0.1, 0.15) is 18.9 Å². The van der Waals surface area contributed by atoms with Gasteiger partial charge in [-0.15, -0.1) is 0 Å². The van der Waals surface area contributed by atoms with Gasteiger partial charge in [-0.3, -0.25) is 9.69 Å². The number of aliphatic hydroxyl groups is 1. The molecule has 0 saturated carbocycles. The van der Waals surface area contributed by atoms with Gasteiger partial charge in [0.25, 0.3) is 0 Å². The molecule has 2 heterocycles. The second kappa shape index (κ2) is 7.46. The van der Waals surface area contributed by atoms with Crippen LogP contribution in [0.4, 0.5) is 10.1 Å². The summed E-state index contributed by atoms with van der Waals surface area (Å²) in [6.45, 7) is 3.23. The third kappa shape index (κ3) is 3.94. The van der Waals surface area contributed by atoms with Crippen LogP contribution < -0.4 is 11.0 Å². The number of piperidine rings is 1. The third-order valence-corrected chi connectivity index (χ3v) is 5.67. The lowest BCUT2D eigenvalue weighted by molar-refractivity contribution is -0.120. The monoisotopic (exact) mass is 398 g/mol. The van der Waals surface area contributed by atoms with E-state index in [1.165, 1.54) is 12.1 Å². The fraction of sp³-hybridized carbons (Fsp3) is 0.333. The molecule has 0 unspecified atom stereocenters. The van der Waals surface area contributed by atoms with Gasteiger partial charge in [-0.05, 0) is 42.3 Å². The average molecular weight is 398 g/mol. The number of hydrogen-bond acceptors (Lipinski definition) is 4. The van der Waals surface area contributed by atoms with E-state index in [0.29, 0.717) is 41.8 Å². The summed E-state index contributed by atoms with van der Waals surface area (Å²) >= 11 is 0. The van der Waals surface area contributed by atoms with Crippen LogP contribution in [0, 0.1) is 11.7 Å². The Bertz CT molecular complexity index is 1090. The van der Waals surface area contributed by atoms with E-state index in [9.17, 15) is 19.1 Å². The molecule has 3 aromatic rings. The van der Waals surface area contributed by atoms with E-state index in [-0.39, 0.29) is 29.9 Å². The molecule has 7 nitrogen and oxygen atoms in total. The Hall–Kier alpha value is -2.97. The Labute approximate surface area is 166 Å². The van der Waals surface area contributed by atoms with E-state index >= 15 is 0 Å². The van der Waals surface area contributed by atoms with Crippen molar-refractivity contribution in [3.8, 4) is 0 Å². The van der Waals surface area contributed by atoms with Crippen LogP contribution in [0.15, 0.2) is 47.3 Å². The lowest BCUT2D eigenvalue weighted by Gasteiger charge is -2.43. The van der Waals surface area contributed by atoms with E-state index in [2.05, 4.69) is 15.3 Å². The topological polar surface area (TPSA) is 101 Å². The highest BCUT2D eigenvalue weighted by Gasteiger charge is 2.40. The molecule has 1 aliphatic rings. The van der Waals surface area contributed by atoms with Crippen LogP contribution in [-0.4, -0.2) is 45.5 Å². The molecule has 29 heavy (non-hydrogen) atoms. The molecule has 2 atom stereocenters. The van der Waals surface area contributed by atoms with Crippen molar-refractivity contribution in [2.75, 3.05) is 25.0 Å². The number of amides is 1. The number of hydrogen-bond donors (Lipinski definition) is 4. The van der Waals surface area contributed by atoms with Crippen LogP contribution in [-0.2, 0) is 10.4 Å². The smallest absolute Gasteiger partial charge is 0.323 e. The molecular formula is C21H23FN4O3. The molecule has 8 heteroatoms. The van der Waals surface area contributed by atoms with Gasteiger partial charge >= 0.3 is 5.69 Å². The van der Waals surface area contributed by atoms with E-state index in [1.807, 2.05) is 11.8 Å². The maximum absolute atomic E-state index is 13.2. The highest BCUT2D eigenvalue weighted by atomic mass is 19.1. The van der Waals surface area contributed by atoms with Gasteiger partial charge in [-0.1, -0.05) is 19.1 Å². The standard InChI is InChI=1S/C21H23FN4O3/c1-13-11-26(9-8-21(13,29)14-2-4-15(22)5-3-14)12-19(27)23-16-6-7-17-18(10-16)25-20(28)24-17/h2-7,10,13,29H,8-9,11-12H2,1H3,(H,23,27)(H2,24,25,28)/t13-,21-/m0/s1. The number of nitrogens with one attached hydrogen (secondary N) is 3. The average Bonchev–Trinajstić information content (AvgIpc) is 3.04. The Morgan fingerprint density at radius 1 is 1.24 bits per heavy atom. The summed E-state index contributed by atoms with van der Waals surface area (Å²) in [5.74, 6) is -0.613. The Kier molecular flexibility index (Phi) is 4.97. The highest BCUT2D eigenvalue weighted by Crippen LogP contribution is 2.37. The van der Waals surface area contributed by atoms with Crippen LogP contribution in [0.25, 0.3) is 11.0 Å². The van der Waals surface area contributed by atoms with Crippen molar-refractivity contribution in [2.24, 2.45) is 5.92 Å². The molecule has 0 radical (unpaired) electrons. The van der Waals surface area contributed by atoms with Crippen molar-refractivity contribution < 1.29 is 14.3 Å². The quantitative estimate of drug-likeness (QED) is 0.541. The summed E-state index contributed by atoms with van der Waals surface area (Å²) < 4.78 is 13.2. The molecular weight excluding hydrogens is 375 g/mol. The number of aromatic amines is 2. The predicted octanol–water partition coefficient (Wildman–Crippen LogP) is 2.16. The van der Waals surface area contributed by atoms with Gasteiger partial charge in [0.15, 0.2) is 0 Å². The number of anilines is 1. The molecule has 1 amide bonds. The van der Waals surface area contributed by atoms with Crippen LogP contribution in [0.2, 0.25) is 0 Å². The lowest BCUT2D eigenvalue weighted by atomic mass is 9.77. The summed E-state index contributed by atoms with van der Waals surface area (Å²) in [6.07, 6.45) is 0.462. The van der Waals surface area contributed by atoms with Crippen molar-refractivity contribution in [3.63, 3.8) is 0 Å². The maximum Gasteiger partial charge on any atom is 0.323 e. The molecule has 1 aromatic heterocycles. The molecule has 1 aliphatic heterocycles. The predicted molar refractivity (Wildman–Crippen MR) is 108 cm³/mol. The van der Waals surface area contributed by atoms with Gasteiger partial charge in [0.2, 0.25) is 5.91 Å².